The molecule has 0 aromatic heterocycles. The second-order valence-electron chi connectivity index (χ2n) is 17.3. The van der Waals surface area contributed by atoms with E-state index in [1.54, 1.807) is 0 Å². The van der Waals surface area contributed by atoms with E-state index < -0.39 is 0 Å². The molecule has 0 atom stereocenters. The number of hydrogen-bond donors (Lipinski definition) is 0. The summed E-state index contributed by atoms with van der Waals surface area (Å²) in [7, 11) is 0. The van der Waals surface area contributed by atoms with Gasteiger partial charge in [-0.05, 0) is 160 Å². The van der Waals surface area contributed by atoms with Crippen LogP contribution in [-0.2, 0) is 0 Å². The predicted molar refractivity (Wildman–Crippen MR) is 281 cm³/mol. The number of nitrogens with zero attached hydrogens (tertiary/aromatic N) is 2. The van der Waals surface area contributed by atoms with E-state index in [0.29, 0.717) is 0 Å². The summed E-state index contributed by atoms with van der Waals surface area (Å²) >= 11 is 0. The van der Waals surface area contributed by atoms with E-state index in [-0.39, 0.29) is 0 Å². The summed E-state index contributed by atoms with van der Waals surface area (Å²) in [5.41, 5.74) is 16.8. The average Bonchev–Trinajstić information content (AvgIpc) is 3.71. The summed E-state index contributed by atoms with van der Waals surface area (Å²) in [6.45, 7) is 0. The Morgan fingerprint density at radius 1 is 0.212 bits per heavy atom. The van der Waals surface area contributed by atoms with Gasteiger partial charge in [-0.1, -0.05) is 182 Å². The van der Waals surface area contributed by atoms with Crippen molar-refractivity contribution in [1.82, 2.24) is 0 Å². The van der Waals surface area contributed by atoms with Gasteiger partial charge in [-0.15, -0.1) is 0 Å². The summed E-state index contributed by atoms with van der Waals surface area (Å²) < 4.78 is 0. The van der Waals surface area contributed by atoms with Gasteiger partial charge in [0, 0.05) is 34.1 Å². The summed E-state index contributed by atoms with van der Waals surface area (Å²) in [5, 5.41) is 9.96. The lowest BCUT2D eigenvalue weighted by molar-refractivity contribution is 1.29. The summed E-state index contributed by atoms with van der Waals surface area (Å²) in [4.78, 5) is 4.72. The molecule has 0 N–H and O–H groups in total. The molecule has 0 aliphatic heterocycles. The Hall–Kier alpha value is -8.72. The number of para-hydroxylation sites is 2. The van der Waals surface area contributed by atoms with Crippen LogP contribution in [0, 0.1) is 0 Å². The van der Waals surface area contributed by atoms with Crippen LogP contribution >= 0.6 is 0 Å². The van der Waals surface area contributed by atoms with E-state index in [1.165, 1.54) is 87.6 Å². The summed E-state index contributed by atoms with van der Waals surface area (Å²) in [6.07, 6.45) is 0. The van der Waals surface area contributed by atoms with Crippen LogP contribution in [0.5, 0.6) is 0 Å². The van der Waals surface area contributed by atoms with Gasteiger partial charge in [0.05, 0.1) is 0 Å². The lowest BCUT2D eigenvalue weighted by Crippen LogP contribution is -2.09. The maximum Gasteiger partial charge on any atom is 0.0468 e. The number of hydrogen-bond acceptors (Lipinski definition) is 2. The van der Waals surface area contributed by atoms with E-state index >= 15 is 0 Å². The molecule has 13 rings (SSSR count). The van der Waals surface area contributed by atoms with Crippen molar-refractivity contribution in [3.05, 3.63) is 255 Å². The first kappa shape index (κ1) is 37.8. The zero-order valence-corrected chi connectivity index (χ0v) is 36.1. The Morgan fingerprint density at radius 3 is 1.00 bits per heavy atom. The van der Waals surface area contributed by atoms with Crippen molar-refractivity contribution in [1.29, 1.82) is 0 Å². The van der Waals surface area contributed by atoms with Crippen molar-refractivity contribution in [2.75, 3.05) is 9.80 Å². The minimum atomic E-state index is 1.11. The van der Waals surface area contributed by atoms with Gasteiger partial charge in [0.2, 0.25) is 0 Å². The van der Waals surface area contributed by atoms with Crippen molar-refractivity contribution in [3.63, 3.8) is 0 Å². The first-order valence-corrected chi connectivity index (χ1v) is 22.8. The van der Waals surface area contributed by atoms with Crippen molar-refractivity contribution in [2.45, 2.75) is 0 Å². The number of rotatable bonds is 8. The molecule has 0 bridgehead atoms. The first-order chi connectivity index (χ1) is 32.7. The van der Waals surface area contributed by atoms with E-state index in [0.717, 1.165) is 34.1 Å². The molecule has 308 valence electrons. The molecule has 12 aromatic rings. The van der Waals surface area contributed by atoms with Crippen molar-refractivity contribution in [2.24, 2.45) is 0 Å². The van der Waals surface area contributed by atoms with Gasteiger partial charge in [-0.3, -0.25) is 0 Å². The molecule has 0 saturated heterocycles. The molecule has 2 heteroatoms. The Bertz CT molecular complexity index is 3550. The maximum absolute atomic E-state index is 2.36. The molecule has 1 aliphatic rings. The Labute approximate surface area is 384 Å². The SMILES string of the molecule is c1ccc(N(c2ccc(-c3c4c(c(-c5ccc(N(c6ccccc6)c6ccc7ccccc7c6)cc5)c5ccccc35)-c3cccc5cccc-4c35)cc2)c2ccc3ccccc3c2)cc1. The molecule has 0 unspecified atom stereocenters. The van der Waals surface area contributed by atoms with Gasteiger partial charge >= 0.3 is 0 Å². The largest absolute Gasteiger partial charge is 0.310 e. The molecule has 0 spiro atoms. The molecule has 0 fully saturated rings. The van der Waals surface area contributed by atoms with Crippen molar-refractivity contribution >= 4 is 77.2 Å². The zero-order valence-electron chi connectivity index (χ0n) is 36.1. The number of benzene rings is 12. The van der Waals surface area contributed by atoms with Crippen LogP contribution in [0.2, 0.25) is 0 Å². The fourth-order valence-electron chi connectivity index (χ4n) is 10.6. The van der Waals surface area contributed by atoms with Crippen LogP contribution in [0.1, 0.15) is 0 Å². The highest BCUT2D eigenvalue weighted by molar-refractivity contribution is 6.27. The van der Waals surface area contributed by atoms with Gasteiger partial charge in [0.1, 0.15) is 0 Å². The van der Waals surface area contributed by atoms with Gasteiger partial charge < -0.3 is 9.80 Å². The third-order valence-electron chi connectivity index (χ3n) is 13.5. The maximum atomic E-state index is 2.36. The van der Waals surface area contributed by atoms with Crippen molar-refractivity contribution < 1.29 is 0 Å². The molecule has 0 heterocycles. The first-order valence-electron chi connectivity index (χ1n) is 22.8. The Kier molecular flexibility index (Phi) is 8.89. The van der Waals surface area contributed by atoms with E-state index in [9.17, 15) is 0 Å². The second-order valence-corrected chi connectivity index (χ2v) is 17.3. The monoisotopic (exact) mass is 838 g/mol. The molecule has 2 nitrogen and oxygen atoms in total. The average molecular weight is 839 g/mol. The van der Waals surface area contributed by atoms with Crippen LogP contribution in [0.25, 0.3) is 87.6 Å². The molecule has 12 aromatic carbocycles. The fraction of sp³-hybridized carbons (Fsp3) is 0. The highest BCUT2D eigenvalue weighted by Crippen LogP contribution is 2.58. The van der Waals surface area contributed by atoms with Crippen LogP contribution in [0.15, 0.2) is 255 Å². The third-order valence-corrected chi connectivity index (χ3v) is 13.5. The van der Waals surface area contributed by atoms with Gasteiger partial charge in [0.15, 0.2) is 0 Å². The molecule has 66 heavy (non-hydrogen) atoms. The number of fused-ring (bicyclic) bond motifs is 6. The molecule has 1 aliphatic carbocycles. The molecule has 0 radical (unpaired) electrons. The predicted octanol–water partition coefficient (Wildman–Crippen LogP) is 18.2. The topological polar surface area (TPSA) is 6.48 Å². The lowest BCUT2D eigenvalue weighted by Gasteiger charge is -2.27. The van der Waals surface area contributed by atoms with Gasteiger partial charge in [-0.2, -0.15) is 0 Å². The van der Waals surface area contributed by atoms with Crippen LogP contribution in [0.4, 0.5) is 34.1 Å². The standard InChI is InChI=1S/C64H42N2/c1-3-21-50(22-4-1)65(54-39-29-43-15-7-9-17-48(43)41-54)52-35-31-46(32-36-52)61-56-25-11-12-26-57(56)62(64-59-28-14-20-45-19-13-27-58(60(45)59)63(61)64)47-33-37-53(38-34-47)66(51-23-5-2-6-24-51)55-40-30-44-16-8-10-18-49(44)42-55/h1-42H. The second kappa shape index (κ2) is 15.5. The van der Waals surface area contributed by atoms with Crippen LogP contribution in [-0.4, -0.2) is 0 Å². The molecular formula is C64H42N2. The fourth-order valence-corrected chi connectivity index (χ4v) is 10.6. The Balaban J connectivity index is 0.987. The van der Waals surface area contributed by atoms with Crippen molar-refractivity contribution in [3.8, 4) is 44.5 Å². The quantitative estimate of drug-likeness (QED) is 0.150. The third kappa shape index (κ3) is 6.18. The minimum Gasteiger partial charge on any atom is -0.310 e. The Morgan fingerprint density at radius 2 is 0.561 bits per heavy atom. The minimum absolute atomic E-state index is 1.11. The number of anilines is 6. The summed E-state index contributed by atoms with van der Waals surface area (Å²) in [5.74, 6) is 0. The van der Waals surface area contributed by atoms with Crippen LogP contribution < -0.4 is 9.80 Å². The normalized spacial score (nSPS) is 11.6. The zero-order chi connectivity index (χ0) is 43.6. The molecular weight excluding hydrogens is 797 g/mol. The lowest BCUT2D eigenvalue weighted by atomic mass is 9.82. The smallest absolute Gasteiger partial charge is 0.0468 e. The highest BCUT2D eigenvalue weighted by atomic mass is 15.1. The molecule has 0 saturated carbocycles. The van der Waals surface area contributed by atoms with E-state index in [2.05, 4.69) is 265 Å². The summed E-state index contributed by atoms with van der Waals surface area (Å²) in [6, 6.07) is 93.2. The highest BCUT2D eigenvalue weighted by Gasteiger charge is 2.30. The molecule has 0 amide bonds. The van der Waals surface area contributed by atoms with Gasteiger partial charge in [-0.25, -0.2) is 0 Å². The van der Waals surface area contributed by atoms with E-state index in [4.69, 9.17) is 0 Å². The van der Waals surface area contributed by atoms with E-state index in [1.807, 2.05) is 0 Å². The van der Waals surface area contributed by atoms with Crippen LogP contribution in [0.3, 0.4) is 0 Å². The van der Waals surface area contributed by atoms with Gasteiger partial charge in [0.25, 0.3) is 0 Å².